The Labute approximate surface area is 121 Å². The van der Waals surface area contributed by atoms with E-state index in [1.807, 2.05) is 29.7 Å². The number of rotatable bonds is 1. The quantitative estimate of drug-likeness (QED) is 0.877. The summed E-state index contributed by atoms with van der Waals surface area (Å²) in [5.74, 6) is 0.793. The van der Waals surface area contributed by atoms with Gasteiger partial charge in [0.15, 0.2) is 5.82 Å². The lowest BCUT2D eigenvalue weighted by molar-refractivity contribution is 0.195. The zero-order valence-electron chi connectivity index (χ0n) is 11.0. The molecule has 1 aromatic heterocycles. The standard InChI is InChI=1S/C13H14ClN5O/c1-9-2-3-11(10(14)6-9)16-13(20)18-4-5-19-8-15-17-12(19)7-18/h2-3,6,8H,4-5,7H2,1H3,(H,16,20). The predicted octanol–water partition coefficient (Wildman–Crippen LogP) is 2.29. The maximum absolute atomic E-state index is 12.2. The summed E-state index contributed by atoms with van der Waals surface area (Å²) in [5, 5.41) is 11.2. The Morgan fingerprint density at radius 3 is 3.05 bits per heavy atom. The van der Waals surface area contributed by atoms with Gasteiger partial charge in [0, 0.05) is 13.1 Å². The average Bonchev–Trinajstić information content (AvgIpc) is 2.89. The van der Waals surface area contributed by atoms with Gasteiger partial charge in [-0.2, -0.15) is 0 Å². The number of carbonyl (C=O) groups is 1. The molecule has 0 unspecified atom stereocenters. The van der Waals surface area contributed by atoms with Crippen LogP contribution >= 0.6 is 11.6 Å². The zero-order chi connectivity index (χ0) is 14.1. The number of carbonyl (C=O) groups excluding carboxylic acids is 1. The highest BCUT2D eigenvalue weighted by Gasteiger charge is 2.22. The molecule has 1 aliphatic rings. The van der Waals surface area contributed by atoms with Crippen molar-refractivity contribution in [2.24, 2.45) is 0 Å². The molecule has 0 spiro atoms. The van der Waals surface area contributed by atoms with Crippen LogP contribution in [0.1, 0.15) is 11.4 Å². The van der Waals surface area contributed by atoms with Gasteiger partial charge < -0.3 is 14.8 Å². The Morgan fingerprint density at radius 1 is 1.40 bits per heavy atom. The van der Waals surface area contributed by atoms with E-state index in [9.17, 15) is 4.79 Å². The lowest BCUT2D eigenvalue weighted by atomic mass is 10.2. The molecule has 1 N–H and O–H groups in total. The summed E-state index contributed by atoms with van der Waals surface area (Å²) >= 11 is 6.12. The molecule has 0 atom stereocenters. The molecule has 1 aromatic carbocycles. The highest BCUT2D eigenvalue weighted by molar-refractivity contribution is 6.33. The SMILES string of the molecule is Cc1ccc(NC(=O)N2CCn3cnnc3C2)c(Cl)c1. The first-order valence-electron chi connectivity index (χ1n) is 6.32. The molecule has 1 aliphatic heterocycles. The highest BCUT2D eigenvalue weighted by atomic mass is 35.5. The van der Waals surface area contributed by atoms with Crippen molar-refractivity contribution in [3.8, 4) is 0 Å². The van der Waals surface area contributed by atoms with E-state index in [4.69, 9.17) is 11.6 Å². The number of hydrogen-bond acceptors (Lipinski definition) is 3. The van der Waals surface area contributed by atoms with E-state index in [1.54, 1.807) is 11.2 Å². The van der Waals surface area contributed by atoms with E-state index in [1.165, 1.54) is 0 Å². The van der Waals surface area contributed by atoms with Gasteiger partial charge in [-0.15, -0.1) is 10.2 Å². The van der Waals surface area contributed by atoms with Gasteiger partial charge in [0.1, 0.15) is 6.33 Å². The second kappa shape index (κ2) is 5.13. The molecule has 2 aromatic rings. The molecule has 0 radical (unpaired) electrons. The van der Waals surface area contributed by atoms with Gasteiger partial charge in [-0.25, -0.2) is 4.79 Å². The van der Waals surface area contributed by atoms with E-state index >= 15 is 0 Å². The van der Waals surface area contributed by atoms with Crippen molar-refractivity contribution in [2.45, 2.75) is 20.0 Å². The summed E-state index contributed by atoms with van der Waals surface area (Å²) in [6, 6.07) is 5.37. The third-order valence-corrected chi connectivity index (χ3v) is 3.60. The van der Waals surface area contributed by atoms with Crippen molar-refractivity contribution in [2.75, 3.05) is 11.9 Å². The minimum absolute atomic E-state index is 0.176. The summed E-state index contributed by atoms with van der Waals surface area (Å²) in [4.78, 5) is 13.9. The van der Waals surface area contributed by atoms with Crippen LogP contribution in [0.4, 0.5) is 10.5 Å². The minimum Gasteiger partial charge on any atom is -0.315 e. The second-order valence-corrected chi connectivity index (χ2v) is 5.18. The van der Waals surface area contributed by atoms with Crippen LogP contribution in [0, 0.1) is 6.92 Å². The normalized spacial score (nSPS) is 14.0. The van der Waals surface area contributed by atoms with Gasteiger partial charge in [0.05, 0.1) is 17.3 Å². The number of hydrogen-bond donors (Lipinski definition) is 1. The topological polar surface area (TPSA) is 63.1 Å². The zero-order valence-corrected chi connectivity index (χ0v) is 11.8. The van der Waals surface area contributed by atoms with Crippen LogP contribution in [0.5, 0.6) is 0 Å². The highest BCUT2D eigenvalue weighted by Crippen LogP contribution is 2.23. The van der Waals surface area contributed by atoms with Crippen molar-refractivity contribution in [1.82, 2.24) is 19.7 Å². The van der Waals surface area contributed by atoms with Crippen LogP contribution in [-0.2, 0) is 13.1 Å². The number of fused-ring (bicyclic) bond motifs is 1. The summed E-state index contributed by atoms with van der Waals surface area (Å²) in [6.07, 6.45) is 1.68. The first kappa shape index (κ1) is 12.9. The lowest BCUT2D eigenvalue weighted by Gasteiger charge is -2.27. The monoisotopic (exact) mass is 291 g/mol. The van der Waals surface area contributed by atoms with Crippen LogP contribution in [0.3, 0.4) is 0 Å². The molecule has 0 fully saturated rings. The Bertz CT molecular complexity index is 654. The third-order valence-electron chi connectivity index (χ3n) is 3.29. The number of benzene rings is 1. The molecule has 0 saturated carbocycles. The number of amides is 2. The third kappa shape index (κ3) is 2.46. The van der Waals surface area contributed by atoms with Crippen molar-refractivity contribution in [3.05, 3.63) is 40.9 Å². The number of halogens is 1. The molecule has 6 nitrogen and oxygen atoms in total. The van der Waals surface area contributed by atoms with Gasteiger partial charge in [-0.1, -0.05) is 17.7 Å². The minimum atomic E-state index is -0.176. The van der Waals surface area contributed by atoms with Crippen LogP contribution in [0.25, 0.3) is 0 Å². The van der Waals surface area contributed by atoms with Crippen molar-refractivity contribution in [3.63, 3.8) is 0 Å². The van der Waals surface area contributed by atoms with E-state index in [0.29, 0.717) is 30.3 Å². The Balaban J connectivity index is 1.71. The van der Waals surface area contributed by atoms with Gasteiger partial charge in [-0.05, 0) is 24.6 Å². The number of aryl methyl sites for hydroxylation is 1. The fraction of sp³-hybridized carbons (Fsp3) is 0.308. The fourth-order valence-electron chi connectivity index (χ4n) is 2.16. The van der Waals surface area contributed by atoms with Gasteiger partial charge in [-0.3, -0.25) is 0 Å². The largest absolute Gasteiger partial charge is 0.322 e. The van der Waals surface area contributed by atoms with Gasteiger partial charge in [0.25, 0.3) is 0 Å². The molecular weight excluding hydrogens is 278 g/mol. The number of nitrogens with one attached hydrogen (secondary N) is 1. The molecular formula is C13H14ClN5O. The molecule has 104 valence electrons. The van der Waals surface area contributed by atoms with E-state index in [-0.39, 0.29) is 6.03 Å². The first-order valence-corrected chi connectivity index (χ1v) is 6.70. The van der Waals surface area contributed by atoms with Crippen LogP contribution in [-0.4, -0.2) is 32.2 Å². The maximum atomic E-state index is 12.2. The Hall–Kier alpha value is -2.08. The first-order chi connectivity index (χ1) is 9.63. The Kier molecular flexibility index (Phi) is 3.31. The maximum Gasteiger partial charge on any atom is 0.322 e. The van der Waals surface area contributed by atoms with Gasteiger partial charge >= 0.3 is 6.03 Å². The molecule has 0 bridgehead atoms. The van der Waals surface area contributed by atoms with Crippen molar-refractivity contribution >= 4 is 23.3 Å². The lowest BCUT2D eigenvalue weighted by Crippen LogP contribution is -2.40. The molecule has 2 amide bonds. The molecule has 0 aliphatic carbocycles. The predicted molar refractivity (Wildman–Crippen MR) is 75.6 cm³/mol. The summed E-state index contributed by atoms with van der Waals surface area (Å²) in [5.41, 5.74) is 1.67. The average molecular weight is 292 g/mol. The summed E-state index contributed by atoms with van der Waals surface area (Å²) in [7, 11) is 0. The van der Waals surface area contributed by atoms with Crippen LogP contribution in [0.15, 0.2) is 24.5 Å². The molecule has 7 heteroatoms. The van der Waals surface area contributed by atoms with Crippen LogP contribution in [0.2, 0.25) is 5.02 Å². The summed E-state index contributed by atoms with van der Waals surface area (Å²) < 4.78 is 1.95. The van der Waals surface area contributed by atoms with E-state index in [2.05, 4.69) is 15.5 Å². The van der Waals surface area contributed by atoms with Gasteiger partial charge in [0.2, 0.25) is 0 Å². The van der Waals surface area contributed by atoms with Crippen molar-refractivity contribution < 1.29 is 4.79 Å². The molecule has 20 heavy (non-hydrogen) atoms. The number of nitrogens with zero attached hydrogens (tertiary/aromatic N) is 4. The fourth-order valence-corrected chi connectivity index (χ4v) is 2.44. The number of aromatic nitrogens is 3. The smallest absolute Gasteiger partial charge is 0.315 e. The van der Waals surface area contributed by atoms with Crippen LogP contribution < -0.4 is 5.32 Å². The van der Waals surface area contributed by atoms with E-state index < -0.39 is 0 Å². The number of anilines is 1. The summed E-state index contributed by atoms with van der Waals surface area (Å²) in [6.45, 7) is 3.74. The van der Waals surface area contributed by atoms with E-state index in [0.717, 1.165) is 11.4 Å². The molecule has 3 rings (SSSR count). The molecule has 0 saturated heterocycles. The Morgan fingerprint density at radius 2 is 2.25 bits per heavy atom. The second-order valence-electron chi connectivity index (χ2n) is 4.78. The molecule has 2 heterocycles. The van der Waals surface area contributed by atoms with Crippen molar-refractivity contribution in [1.29, 1.82) is 0 Å². The number of urea groups is 1.